The summed E-state index contributed by atoms with van der Waals surface area (Å²) >= 11 is 0. The van der Waals surface area contributed by atoms with E-state index in [9.17, 15) is 10.2 Å². The van der Waals surface area contributed by atoms with Crippen LogP contribution in [0.1, 0.15) is 44.2 Å². The van der Waals surface area contributed by atoms with Crippen LogP contribution in [0.2, 0.25) is 0 Å². The van der Waals surface area contributed by atoms with Crippen molar-refractivity contribution in [3.8, 4) is 5.75 Å². The standard InChI is InChI=1S/C15H22N2O2/c1-9(16)14-5-4-12(8-15(14)19)17-10-2-3-11(17)7-13(18)6-10/h4-5,8-11,13,18-19H,2-3,6-7,16H2,1H3. The number of aromatic hydroxyl groups is 1. The van der Waals surface area contributed by atoms with Crippen molar-refractivity contribution in [2.24, 2.45) is 5.73 Å². The molecule has 0 aromatic heterocycles. The highest BCUT2D eigenvalue weighted by Gasteiger charge is 2.40. The molecule has 2 aliphatic rings. The maximum absolute atomic E-state index is 10.1. The van der Waals surface area contributed by atoms with Crippen molar-refractivity contribution in [3.63, 3.8) is 0 Å². The molecule has 2 heterocycles. The lowest BCUT2D eigenvalue weighted by atomic mass is 9.98. The number of nitrogens with two attached hydrogens (primary N) is 1. The quantitative estimate of drug-likeness (QED) is 0.761. The van der Waals surface area contributed by atoms with Gasteiger partial charge in [-0.3, -0.25) is 0 Å². The van der Waals surface area contributed by atoms with Gasteiger partial charge in [0.25, 0.3) is 0 Å². The molecule has 0 saturated carbocycles. The molecule has 2 saturated heterocycles. The van der Waals surface area contributed by atoms with Crippen LogP contribution in [-0.2, 0) is 0 Å². The number of fused-ring (bicyclic) bond motifs is 2. The average Bonchev–Trinajstić information content (AvgIpc) is 2.61. The Morgan fingerprint density at radius 2 is 1.89 bits per heavy atom. The molecule has 1 aromatic carbocycles. The molecule has 2 aliphatic heterocycles. The molecule has 104 valence electrons. The summed E-state index contributed by atoms with van der Waals surface area (Å²) in [4.78, 5) is 2.37. The molecular formula is C15H22N2O2. The van der Waals surface area contributed by atoms with E-state index in [0.717, 1.165) is 36.9 Å². The molecule has 0 amide bonds. The molecule has 3 unspecified atom stereocenters. The monoisotopic (exact) mass is 262 g/mol. The highest BCUT2D eigenvalue weighted by Crippen LogP contribution is 2.41. The van der Waals surface area contributed by atoms with E-state index in [1.165, 1.54) is 0 Å². The molecule has 19 heavy (non-hydrogen) atoms. The van der Waals surface area contributed by atoms with Crippen LogP contribution in [0, 0.1) is 0 Å². The summed E-state index contributed by atoms with van der Waals surface area (Å²) in [5, 5.41) is 19.9. The van der Waals surface area contributed by atoms with E-state index in [4.69, 9.17) is 5.73 Å². The second kappa shape index (κ2) is 4.69. The Bertz CT molecular complexity index is 461. The number of aliphatic hydroxyl groups is 1. The predicted octanol–water partition coefficient (Wildman–Crippen LogP) is 1.90. The number of benzene rings is 1. The summed E-state index contributed by atoms with van der Waals surface area (Å²) in [6.45, 7) is 1.87. The summed E-state index contributed by atoms with van der Waals surface area (Å²) in [5.74, 6) is 0.276. The van der Waals surface area contributed by atoms with Gasteiger partial charge in [-0.15, -0.1) is 0 Å². The molecule has 4 heteroatoms. The second-order valence-corrected chi connectivity index (χ2v) is 5.95. The topological polar surface area (TPSA) is 69.7 Å². The highest BCUT2D eigenvalue weighted by atomic mass is 16.3. The van der Waals surface area contributed by atoms with Gasteiger partial charge < -0.3 is 20.8 Å². The Morgan fingerprint density at radius 3 is 2.42 bits per heavy atom. The first-order valence-electron chi connectivity index (χ1n) is 7.11. The van der Waals surface area contributed by atoms with Gasteiger partial charge in [-0.1, -0.05) is 6.07 Å². The molecule has 3 atom stereocenters. The van der Waals surface area contributed by atoms with Crippen LogP contribution in [0.3, 0.4) is 0 Å². The Balaban J connectivity index is 1.89. The van der Waals surface area contributed by atoms with Crippen molar-refractivity contribution in [2.45, 2.75) is 56.8 Å². The van der Waals surface area contributed by atoms with Crippen LogP contribution in [0.5, 0.6) is 5.75 Å². The summed E-state index contributed by atoms with van der Waals surface area (Å²) in [6.07, 6.45) is 3.79. The zero-order chi connectivity index (χ0) is 13.6. The van der Waals surface area contributed by atoms with Gasteiger partial charge in [0.1, 0.15) is 5.75 Å². The lowest BCUT2D eigenvalue weighted by molar-refractivity contribution is 0.126. The third kappa shape index (κ3) is 2.19. The van der Waals surface area contributed by atoms with Crippen molar-refractivity contribution in [1.29, 1.82) is 0 Å². The number of aliphatic hydroxyl groups excluding tert-OH is 1. The maximum atomic E-state index is 10.1. The minimum atomic E-state index is -0.161. The van der Waals surface area contributed by atoms with Crippen LogP contribution in [0.15, 0.2) is 18.2 Å². The zero-order valence-corrected chi connectivity index (χ0v) is 11.3. The molecular weight excluding hydrogens is 240 g/mol. The van der Waals surface area contributed by atoms with Crippen LogP contribution >= 0.6 is 0 Å². The van der Waals surface area contributed by atoms with Gasteiger partial charge in [0, 0.05) is 35.4 Å². The first-order valence-corrected chi connectivity index (χ1v) is 7.11. The van der Waals surface area contributed by atoms with E-state index in [1.807, 2.05) is 25.1 Å². The first kappa shape index (κ1) is 12.8. The fourth-order valence-corrected chi connectivity index (χ4v) is 3.65. The highest BCUT2D eigenvalue weighted by molar-refractivity contribution is 5.56. The van der Waals surface area contributed by atoms with Gasteiger partial charge in [-0.2, -0.15) is 0 Å². The molecule has 0 aliphatic carbocycles. The zero-order valence-electron chi connectivity index (χ0n) is 11.3. The van der Waals surface area contributed by atoms with Gasteiger partial charge in [-0.05, 0) is 38.7 Å². The Hall–Kier alpha value is -1.26. The normalized spacial score (nSPS) is 31.5. The molecule has 1 aromatic rings. The number of phenols is 1. The van der Waals surface area contributed by atoms with E-state index in [2.05, 4.69) is 4.90 Å². The van der Waals surface area contributed by atoms with E-state index in [0.29, 0.717) is 12.1 Å². The minimum Gasteiger partial charge on any atom is -0.508 e. The van der Waals surface area contributed by atoms with Crippen LogP contribution in [0.4, 0.5) is 5.69 Å². The number of hydrogen-bond acceptors (Lipinski definition) is 4. The van der Waals surface area contributed by atoms with Crippen LogP contribution in [0.25, 0.3) is 0 Å². The van der Waals surface area contributed by atoms with Crippen molar-refractivity contribution in [1.82, 2.24) is 0 Å². The number of rotatable bonds is 2. The van der Waals surface area contributed by atoms with Crippen LogP contribution < -0.4 is 10.6 Å². The van der Waals surface area contributed by atoms with Gasteiger partial charge in [0.05, 0.1) is 6.10 Å². The SMILES string of the molecule is CC(N)c1ccc(N2C3CCC2CC(O)C3)cc1O. The van der Waals surface area contributed by atoms with Crippen molar-refractivity contribution >= 4 is 5.69 Å². The molecule has 4 N–H and O–H groups in total. The molecule has 4 nitrogen and oxygen atoms in total. The van der Waals surface area contributed by atoms with E-state index < -0.39 is 0 Å². The Morgan fingerprint density at radius 1 is 1.26 bits per heavy atom. The average molecular weight is 262 g/mol. The van der Waals surface area contributed by atoms with Crippen LogP contribution in [-0.4, -0.2) is 28.4 Å². The maximum Gasteiger partial charge on any atom is 0.122 e. The van der Waals surface area contributed by atoms with Crippen molar-refractivity contribution in [2.75, 3.05) is 4.90 Å². The smallest absolute Gasteiger partial charge is 0.122 e. The van der Waals surface area contributed by atoms with Gasteiger partial charge in [-0.25, -0.2) is 0 Å². The number of phenolic OH excluding ortho intramolecular Hbond substituents is 1. The minimum absolute atomic E-state index is 0.158. The summed E-state index contributed by atoms with van der Waals surface area (Å²) < 4.78 is 0. The lowest BCUT2D eigenvalue weighted by Gasteiger charge is -2.39. The summed E-state index contributed by atoms with van der Waals surface area (Å²) in [6, 6.07) is 6.45. The third-order valence-electron chi connectivity index (χ3n) is 4.51. The van der Waals surface area contributed by atoms with Crippen molar-refractivity contribution < 1.29 is 10.2 Å². The van der Waals surface area contributed by atoms with Gasteiger partial charge >= 0.3 is 0 Å². The molecule has 2 fully saturated rings. The first-order chi connectivity index (χ1) is 9.06. The molecule has 0 spiro atoms. The molecule has 3 rings (SSSR count). The number of anilines is 1. The second-order valence-electron chi connectivity index (χ2n) is 5.95. The van der Waals surface area contributed by atoms with Gasteiger partial charge in [0.15, 0.2) is 0 Å². The lowest BCUT2D eigenvalue weighted by Crippen LogP contribution is -2.44. The molecule has 2 bridgehead atoms. The summed E-state index contributed by atoms with van der Waals surface area (Å²) in [7, 11) is 0. The molecule has 0 radical (unpaired) electrons. The van der Waals surface area contributed by atoms with E-state index >= 15 is 0 Å². The number of nitrogens with zero attached hydrogens (tertiary/aromatic N) is 1. The Labute approximate surface area is 113 Å². The predicted molar refractivity (Wildman–Crippen MR) is 75.2 cm³/mol. The Kier molecular flexibility index (Phi) is 3.15. The van der Waals surface area contributed by atoms with Crippen molar-refractivity contribution in [3.05, 3.63) is 23.8 Å². The van der Waals surface area contributed by atoms with E-state index in [-0.39, 0.29) is 17.9 Å². The number of hydrogen-bond donors (Lipinski definition) is 3. The number of piperidine rings is 1. The van der Waals surface area contributed by atoms with Gasteiger partial charge in [0.2, 0.25) is 0 Å². The largest absolute Gasteiger partial charge is 0.508 e. The third-order valence-corrected chi connectivity index (χ3v) is 4.51. The fourth-order valence-electron chi connectivity index (χ4n) is 3.65. The summed E-state index contributed by atoms with van der Waals surface area (Å²) in [5.41, 5.74) is 7.66. The fraction of sp³-hybridized carbons (Fsp3) is 0.600. The van der Waals surface area contributed by atoms with E-state index in [1.54, 1.807) is 0 Å².